The number of carbonyl (C=O) groups is 1. The van der Waals surface area contributed by atoms with E-state index in [1.54, 1.807) is 0 Å². The van der Waals surface area contributed by atoms with Crippen molar-refractivity contribution in [2.45, 2.75) is 90.1 Å². The van der Waals surface area contributed by atoms with Crippen molar-refractivity contribution in [3.05, 3.63) is 0 Å². The van der Waals surface area contributed by atoms with Gasteiger partial charge in [-0.3, -0.25) is 4.79 Å². The van der Waals surface area contributed by atoms with E-state index >= 15 is 0 Å². The van der Waals surface area contributed by atoms with Crippen LogP contribution in [0, 0.1) is 11.8 Å². The van der Waals surface area contributed by atoms with Crippen molar-refractivity contribution in [2.75, 3.05) is 6.54 Å². The van der Waals surface area contributed by atoms with E-state index < -0.39 is 0 Å². The van der Waals surface area contributed by atoms with Crippen LogP contribution >= 0.6 is 0 Å². The fourth-order valence-corrected chi connectivity index (χ4v) is 4.23. The zero-order chi connectivity index (χ0) is 15.2. The molecule has 21 heavy (non-hydrogen) atoms. The number of hydrogen-bond acceptors (Lipinski definition) is 2. The summed E-state index contributed by atoms with van der Waals surface area (Å²) in [5.41, 5.74) is 5.92. The average Bonchev–Trinajstić information content (AvgIpc) is 2.50. The predicted octanol–water partition coefficient (Wildman–Crippen LogP) is 3.71. The monoisotopic (exact) mass is 294 g/mol. The summed E-state index contributed by atoms with van der Waals surface area (Å²) in [4.78, 5) is 15.5. The Balaban J connectivity index is 2.14. The van der Waals surface area contributed by atoms with Gasteiger partial charge < -0.3 is 10.6 Å². The number of nitrogens with zero attached hydrogens (tertiary/aromatic N) is 1. The van der Waals surface area contributed by atoms with Gasteiger partial charge in [-0.15, -0.1) is 0 Å². The Bertz CT molecular complexity index is 299. The van der Waals surface area contributed by atoms with Crippen LogP contribution in [-0.4, -0.2) is 29.4 Å². The van der Waals surface area contributed by atoms with E-state index in [0.717, 1.165) is 0 Å². The summed E-state index contributed by atoms with van der Waals surface area (Å²) < 4.78 is 0. The molecule has 2 aliphatic carbocycles. The predicted molar refractivity (Wildman–Crippen MR) is 88.0 cm³/mol. The largest absolute Gasteiger partial charge is 0.336 e. The molecule has 2 rings (SSSR count). The first kappa shape index (κ1) is 16.8. The van der Waals surface area contributed by atoms with Gasteiger partial charge >= 0.3 is 0 Å². The second kappa shape index (κ2) is 8.17. The third-order valence-electron chi connectivity index (χ3n) is 5.57. The Labute approximate surface area is 130 Å². The first-order chi connectivity index (χ1) is 10.1. The minimum Gasteiger partial charge on any atom is -0.336 e. The summed E-state index contributed by atoms with van der Waals surface area (Å²) in [6, 6.07) is 0.976. The molecule has 2 N–H and O–H groups in total. The van der Waals surface area contributed by atoms with Crippen LogP contribution in [0.5, 0.6) is 0 Å². The molecule has 0 saturated heterocycles. The first-order valence-corrected chi connectivity index (χ1v) is 9.17. The van der Waals surface area contributed by atoms with Crippen LogP contribution < -0.4 is 5.73 Å². The Morgan fingerprint density at radius 1 is 0.952 bits per heavy atom. The fourth-order valence-electron chi connectivity index (χ4n) is 4.23. The van der Waals surface area contributed by atoms with Crippen molar-refractivity contribution in [2.24, 2.45) is 17.6 Å². The van der Waals surface area contributed by atoms with E-state index in [4.69, 9.17) is 5.73 Å². The molecule has 0 spiro atoms. The van der Waals surface area contributed by atoms with Gasteiger partial charge in [0.2, 0.25) is 5.91 Å². The molecule has 0 bridgehead atoms. The van der Waals surface area contributed by atoms with E-state index in [-0.39, 0.29) is 5.92 Å². The van der Waals surface area contributed by atoms with Crippen LogP contribution in [0.4, 0.5) is 0 Å². The first-order valence-electron chi connectivity index (χ1n) is 9.17. The highest BCUT2D eigenvalue weighted by atomic mass is 16.2. The summed E-state index contributed by atoms with van der Waals surface area (Å²) in [6.45, 7) is 4.76. The minimum atomic E-state index is 0.00820. The highest BCUT2D eigenvalue weighted by molar-refractivity contribution is 5.80. The van der Waals surface area contributed by atoms with Gasteiger partial charge in [-0.25, -0.2) is 0 Å². The minimum absolute atomic E-state index is 0.00820. The van der Waals surface area contributed by atoms with Crippen molar-refractivity contribution >= 4 is 5.91 Å². The van der Waals surface area contributed by atoms with E-state index in [1.165, 1.54) is 64.2 Å². The molecule has 0 heterocycles. The number of rotatable bonds is 5. The summed E-state index contributed by atoms with van der Waals surface area (Å²) in [7, 11) is 0. The molecule has 2 aliphatic rings. The molecule has 122 valence electrons. The Kier molecular flexibility index (Phi) is 6.53. The maximum absolute atomic E-state index is 13.2. The van der Waals surface area contributed by atoms with Crippen LogP contribution in [0.2, 0.25) is 0 Å². The van der Waals surface area contributed by atoms with Crippen LogP contribution in [0.15, 0.2) is 0 Å². The molecule has 0 aromatic carbocycles. The molecular formula is C18H34N2O. The lowest BCUT2D eigenvalue weighted by molar-refractivity contribution is -0.143. The molecule has 3 nitrogen and oxygen atoms in total. The van der Waals surface area contributed by atoms with Crippen molar-refractivity contribution < 1.29 is 4.79 Å². The summed E-state index contributed by atoms with van der Waals surface area (Å²) >= 11 is 0. The second-order valence-electron chi connectivity index (χ2n) is 7.42. The molecule has 0 radical (unpaired) electrons. The summed E-state index contributed by atoms with van der Waals surface area (Å²) in [5, 5.41) is 0. The highest BCUT2D eigenvalue weighted by Gasteiger charge is 2.36. The molecule has 1 amide bonds. The van der Waals surface area contributed by atoms with E-state index in [2.05, 4.69) is 18.7 Å². The lowest BCUT2D eigenvalue weighted by Gasteiger charge is -2.43. The third-order valence-corrected chi connectivity index (χ3v) is 5.57. The van der Waals surface area contributed by atoms with E-state index in [0.29, 0.717) is 30.5 Å². The lowest BCUT2D eigenvalue weighted by Crippen LogP contribution is -2.52. The molecule has 0 aromatic heterocycles. The van der Waals surface area contributed by atoms with Gasteiger partial charge in [0.25, 0.3) is 0 Å². The molecule has 3 heteroatoms. The van der Waals surface area contributed by atoms with Crippen molar-refractivity contribution in [1.29, 1.82) is 0 Å². The maximum atomic E-state index is 13.2. The Morgan fingerprint density at radius 2 is 1.38 bits per heavy atom. The molecule has 1 unspecified atom stereocenters. The van der Waals surface area contributed by atoms with Gasteiger partial charge in [0.1, 0.15) is 0 Å². The quantitative estimate of drug-likeness (QED) is 0.840. The van der Waals surface area contributed by atoms with Crippen molar-refractivity contribution in [3.8, 4) is 0 Å². The highest BCUT2D eigenvalue weighted by Crippen LogP contribution is 2.32. The van der Waals surface area contributed by atoms with Gasteiger partial charge in [-0.1, -0.05) is 52.4 Å². The number of hydrogen-bond donors (Lipinski definition) is 1. The van der Waals surface area contributed by atoms with Crippen LogP contribution in [0.25, 0.3) is 0 Å². The average molecular weight is 294 g/mol. The smallest absolute Gasteiger partial charge is 0.227 e. The maximum Gasteiger partial charge on any atom is 0.227 e. The molecule has 0 aliphatic heterocycles. The van der Waals surface area contributed by atoms with Crippen LogP contribution in [-0.2, 0) is 4.79 Å². The zero-order valence-corrected chi connectivity index (χ0v) is 14.0. The van der Waals surface area contributed by atoms with Gasteiger partial charge in [0.15, 0.2) is 0 Å². The van der Waals surface area contributed by atoms with Gasteiger partial charge in [0, 0.05) is 18.6 Å². The number of carbonyl (C=O) groups excluding carboxylic acids is 1. The molecule has 2 fully saturated rings. The van der Waals surface area contributed by atoms with Gasteiger partial charge in [0.05, 0.1) is 5.92 Å². The normalized spacial score (nSPS) is 23.2. The van der Waals surface area contributed by atoms with Crippen LogP contribution in [0.1, 0.15) is 78.1 Å². The number of amides is 1. The van der Waals surface area contributed by atoms with Crippen LogP contribution in [0.3, 0.4) is 0 Å². The lowest BCUT2D eigenvalue weighted by atomic mass is 9.86. The fraction of sp³-hybridized carbons (Fsp3) is 0.944. The zero-order valence-electron chi connectivity index (χ0n) is 14.0. The molecule has 0 aromatic rings. The molecule has 2 saturated carbocycles. The number of nitrogens with two attached hydrogens (primary N) is 1. The Morgan fingerprint density at radius 3 is 1.71 bits per heavy atom. The molecule has 1 atom stereocenters. The molecular weight excluding hydrogens is 260 g/mol. The van der Waals surface area contributed by atoms with Gasteiger partial charge in [-0.05, 0) is 31.6 Å². The third kappa shape index (κ3) is 4.21. The second-order valence-corrected chi connectivity index (χ2v) is 7.42. The van der Waals surface area contributed by atoms with E-state index in [1.807, 2.05) is 0 Å². The Hall–Kier alpha value is -0.570. The van der Waals surface area contributed by atoms with Crippen molar-refractivity contribution in [1.82, 2.24) is 4.90 Å². The summed E-state index contributed by atoms with van der Waals surface area (Å²) in [5.74, 6) is 0.706. The SMILES string of the molecule is CC(C)C(CN)C(=O)N(C1CCCCC1)C1CCCCC1. The summed E-state index contributed by atoms with van der Waals surface area (Å²) in [6.07, 6.45) is 12.7. The van der Waals surface area contributed by atoms with Gasteiger partial charge in [-0.2, -0.15) is 0 Å². The standard InChI is InChI=1S/C18H34N2O/c1-14(2)17(13-19)18(21)20(15-9-5-3-6-10-15)16-11-7-4-8-12-16/h14-17H,3-13,19H2,1-2H3. The van der Waals surface area contributed by atoms with E-state index in [9.17, 15) is 4.79 Å². The van der Waals surface area contributed by atoms with Crippen molar-refractivity contribution in [3.63, 3.8) is 0 Å². The topological polar surface area (TPSA) is 46.3 Å².